The number of anilines is 1. The molecule has 8 rings (SSSR count). The number of ether oxygens (including phenoxy) is 3. The molecular weight excluding hydrogens is 774 g/mol. The fourth-order valence-electron chi connectivity index (χ4n) is 8.23. The van der Waals surface area contributed by atoms with Gasteiger partial charge >= 0.3 is 11.4 Å². The van der Waals surface area contributed by atoms with Gasteiger partial charge in [-0.25, -0.2) is 37.8 Å². The summed E-state index contributed by atoms with van der Waals surface area (Å²) in [5, 5.41) is 11.3. The maximum Gasteiger partial charge on any atom is 0.347 e. The summed E-state index contributed by atoms with van der Waals surface area (Å²) in [6.07, 6.45) is 1.10. The van der Waals surface area contributed by atoms with Crippen LogP contribution >= 0.6 is 23.2 Å². The van der Waals surface area contributed by atoms with Gasteiger partial charge in [-0.2, -0.15) is 0 Å². The van der Waals surface area contributed by atoms with E-state index in [9.17, 15) is 33.5 Å². The summed E-state index contributed by atoms with van der Waals surface area (Å²) in [6, 6.07) is 11.0. The van der Waals surface area contributed by atoms with Crippen LogP contribution in [0.25, 0.3) is 11.0 Å². The number of benzene rings is 3. The van der Waals surface area contributed by atoms with Crippen molar-refractivity contribution in [2.75, 3.05) is 26.2 Å². The number of carbonyl (C=O) groups is 2. The van der Waals surface area contributed by atoms with Crippen LogP contribution in [-0.4, -0.2) is 71.5 Å². The number of carbonyl (C=O) groups excluding carboxylic acids is 2. The van der Waals surface area contributed by atoms with E-state index in [1.54, 1.807) is 25.3 Å². The molecule has 290 valence electrons. The Hall–Kier alpha value is -5.87. The van der Waals surface area contributed by atoms with E-state index in [0.717, 1.165) is 21.6 Å². The Kier molecular flexibility index (Phi) is 8.69. The molecule has 0 radical (unpaired) electrons. The van der Waals surface area contributed by atoms with E-state index < -0.39 is 62.7 Å². The first-order valence-electron chi connectivity index (χ1n) is 17.3. The third-order valence-corrected chi connectivity index (χ3v) is 12.4. The number of alkyl halides is 2. The number of hydrogen-bond acceptors (Lipinski definition) is 10. The molecule has 2 aromatic heterocycles. The molecule has 5 aromatic rings. The fourth-order valence-corrected chi connectivity index (χ4v) is 9.13. The molecule has 1 saturated carbocycles. The fraction of sp³-hybridized carbons (Fsp3) is 0.316. The normalized spacial score (nSPS) is 22.8. The number of fused-ring (bicyclic) bond motifs is 5. The van der Waals surface area contributed by atoms with Gasteiger partial charge in [0, 0.05) is 50.0 Å². The monoisotopic (exact) mass is 806 g/mol. The van der Waals surface area contributed by atoms with E-state index in [0.29, 0.717) is 28.1 Å². The number of amides is 2. The van der Waals surface area contributed by atoms with Crippen molar-refractivity contribution >= 4 is 51.7 Å². The number of nitrogens with zero attached hydrogens (tertiary/aromatic N) is 6. The molecule has 15 nitrogen and oxygen atoms in total. The van der Waals surface area contributed by atoms with Crippen molar-refractivity contribution in [2.24, 2.45) is 7.05 Å². The Morgan fingerprint density at radius 2 is 1.61 bits per heavy atom. The van der Waals surface area contributed by atoms with E-state index in [1.807, 2.05) is 0 Å². The van der Waals surface area contributed by atoms with Gasteiger partial charge in [-0.1, -0.05) is 6.08 Å². The second kappa shape index (κ2) is 13.1. The molecular formula is C38H33Cl2FN6O9. The molecule has 3 aliphatic rings. The molecule has 4 atom stereocenters. The van der Waals surface area contributed by atoms with Crippen LogP contribution in [0.15, 0.2) is 80.6 Å². The maximum absolute atomic E-state index is 14.6. The molecule has 1 saturated heterocycles. The maximum atomic E-state index is 14.6. The zero-order chi connectivity index (χ0) is 40.0. The van der Waals surface area contributed by atoms with E-state index in [1.165, 1.54) is 65.6 Å². The lowest BCUT2D eigenvalue weighted by Crippen LogP contribution is -2.59. The number of aryl methyl sites for hydroxylation is 2. The van der Waals surface area contributed by atoms with Gasteiger partial charge in [0.05, 0.1) is 50.6 Å². The standard InChI is InChI=1S/C38H33Cl2FN6O9/c1-43-26-17-30(56-4)29(55-3)16-25(26)42-24(32(43)49)12-13-44-35(52)45-14-11-22-27(47(45)36(44)53)18-37(39)33(50)46(20-7-5-19(41)6-8-20)34(51)38(37,40)31(22)23-15-21(54-2)9-10-28(23)48/h5-11,15-17,27,31,48H,12-14,18H2,1-4H3. The molecule has 1 aliphatic carbocycles. The number of imide groups is 1. The Labute approximate surface area is 326 Å². The highest BCUT2D eigenvalue weighted by Gasteiger charge is 2.76. The number of phenols is 1. The van der Waals surface area contributed by atoms with Crippen LogP contribution < -0.4 is 36.0 Å². The topological polar surface area (TPSA) is 169 Å². The minimum absolute atomic E-state index is 0.00710. The quantitative estimate of drug-likeness (QED) is 0.140. The summed E-state index contributed by atoms with van der Waals surface area (Å²) in [6.45, 7) is -0.396. The third-order valence-electron chi connectivity index (χ3n) is 11.0. The molecule has 2 amide bonds. The lowest BCUT2D eigenvalue weighted by molar-refractivity contribution is -0.122. The van der Waals surface area contributed by atoms with Crippen molar-refractivity contribution in [3.8, 4) is 23.0 Å². The number of aromatic nitrogens is 5. The average molecular weight is 808 g/mol. The summed E-state index contributed by atoms with van der Waals surface area (Å²) in [4.78, 5) is 71.6. The second-order valence-corrected chi connectivity index (χ2v) is 15.0. The minimum Gasteiger partial charge on any atom is -0.508 e. The lowest BCUT2D eigenvalue weighted by atomic mass is 9.64. The highest BCUT2D eigenvalue weighted by Crippen LogP contribution is 2.64. The van der Waals surface area contributed by atoms with Gasteiger partial charge < -0.3 is 23.9 Å². The van der Waals surface area contributed by atoms with Crippen LogP contribution in [0.1, 0.15) is 29.6 Å². The Morgan fingerprint density at radius 3 is 2.29 bits per heavy atom. The summed E-state index contributed by atoms with van der Waals surface area (Å²) in [5.41, 5.74) is -0.520. The number of aromatic hydroxyl groups is 1. The van der Waals surface area contributed by atoms with Gasteiger partial charge in [-0.15, -0.1) is 23.2 Å². The molecule has 18 heteroatoms. The van der Waals surface area contributed by atoms with Crippen molar-refractivity contribution in [3.63, 3.8) is 0 Å². The first-order chi connectivity index (χ1) is 26.7. The smallest absolute Gasteiger partial charge is 0.347 e. The van der Waals surface area contributed by atoms with Crippen LogP contribution in [0, 0.1) is 5.82 Å². The van der Waals surface area contributed by atoms with Gasteiger partial charge in [0.25, 0.3) is 17.4 Å². The summed E-state index contributed by atoms with van der Waals surface area (Å²) in [5.74, 6) is -3.02. The number of hydrogen-bond donors (Lipinski definition) is 1. The van der Waals surface area contributed by atoms with Crippen molar-refractivity contribution in [2.45, 2.75) is 47.6 Å². The Balaban J connectivity index is 1.24. The molecule has 0 spiro atoms. The Morgan fingerprint density at radius 1 is 0.911 bits per heavy atom. The average Bonchev–Trinajstić information content (AvgIpc) is 3.52. The first-order valence-corrected chi connectivity index (χ1v) is 18.1. The van der Waals surface area contributed by atoms with E-state index in [4.69, 9.17) is 37.4 Å². The van der Waals surface area contributed by atoms with Crippen molar-refractivity contribution < 1.29 is 33.3 Å². The van der Waals surface area contributed by atoms with Gasteiger partial charge in [-0.05, 0) is 48.0 Å². The van der Waals surface area contributed by atoms with Crippen molar-refractivity contribution in [3.05, 3.63) is 115 Å². The molecule has 56 heavy (non-hydrogen) atoms. The lowest BCUT2D eigenvalue weighted by Gasteiger charge is -2.49. The molecule has 0 bridgehead atoms. The van der Waals surface area contributed by atoms with E-state index in [2.05, 4.69) is 4.98 Å². The van der Waals surface area contributed by atoms with Gasteiger partial charge in [-0.3, -0.25) is 14.4 Å². The van der Waals surface area contributed by atoms with Crippen LogP contribution in [0.5, 0.6) is 23.0 Å². The van der Waals surface area contributed by atoms with Gasteiger partial charge in [0.1, 0.15) is 23.0 Å². The number of phenolic OH excluding ortho intramolecular Hbond substituents is 1. The van der Waals surface area contributed by atoms with Crippen molar-refractivity contribution in [1.82, 2.24) is 23.5 Å². The van der Waals surface area contributed by atoms with E-state index >= 15 is 0 Å². The van der Waals surface area contributed by atoms with Crippen LogP contribution in [0.2, 0.25) is 0 Å². The summed E-state index contributed by atoms with van der Waals surface area (Å²) >= 11 is 14.7. The molecule has 2 fully saturated rings. The highest BCUT2D eigenvalue weighted by molar-refractivity contribution is 6.58. The zero-order valence-electron chi connectivity index (χ0n) is 30.3. The molecule has 4 heterocycles. The number of halogens is 3. The molecule has 4 unspecified atom stereocenters. The van der Waals surface area contributed by atoms with Crippen LogP contribution in [-0.2, 0) is 36.1 Å². The summed E-state index contributed by atoms with van der Waals surface area (Å²) < 4.78 is 34.9. The molecule has 2 aliphatic heterocycles. The molecule has 1 N–H and O–H groups in total. The number of allylic oxidation sites excluding steroid dienone is 2. The summed E-state index contributed by atoms with van der Waals surface area (Å²) in [7, 11) is 5.91. The Bertz CT molecular complexity index is 2720. The van der Waals surface area contributed by atoms with Gasteiger partial charge in [0.2, 0.25) is 0 Å². The second-order valence-electron chi connectivity index (χ2n) is 13.7. The zero-order valence-corrected chi connectivity index (χ0v) is 31.8. The van der Waals surface area contributed by atoms with Crippen LogP contribution in [0.3, 0.4) is 0 Å². The predicted molar refractivity (Wildman–Crippen MR) is 202 cm³/mol. The number of methoxy groups -OCH3 is 3. The largest absolute Gasteiger partial charge is 0.508 e. The van der Waals surface area contributed by atoms with Gasteiger partial charge in [0.15, 0.2) is 21.2 Å². The SMILES string of the molecule is COc1ccc(O)c(C2C3=CCn4c(=O)n(CCc5nc6cc(OC)c(OC)cc6n(C)c5=O)c(=O)n4C3CC3(Cl)C(=O)N(c4ccc(F)cc4)C(=O)C23Cl)c1. The molecule has 3 aromatic carbocycles. The number of rotatable bonds is 8. The predicted octanol–water partition coefficient (Wildman–Crippen LogP) is 3.37. The van der Waals surface area contributed by atoms with Crippen LogP contribution in [0.4, 0.5) is 10.1 Å². The third kappa shape index (κ3) is 5.08. The first kappa shape index (κ1) is 37.1. The van der Waals surface area contributed by atoms with Crippen molar-refractivity contribution in [1.29, 1.82) is 0 Å². The highest BCUT2D eigenvalue weighted by atomic mass is 35.5. The minimum atomic E-state index is -2.28. The van der Waals surface area contributed by atoms with E-state index in [-0.39, 0.29) is 48.0 Å².